The molecule has 0 aromatic heterocycles. The first-order valence-electron chi connectivity index (χ1n) is 22.0. The van der Waals surface area contributed by atoms with Gasteiger partial charge in [0, 0.05) is 59.6 Å². The van der Waals surface area contributed by atoms with Crippen LogP contribution in [0.2, 0.25) is 0 Å². The molecule has 6 unspecified atom stereocenters. The first-order valence-corrected chi connectivity index (χ1v) is 22.0. The largest absolute Gasteiger partial charge is 0.412 e. The average Bonchev–Trinajstić information content (AvgIpc) is 3.94. The van der Waals surface area contributed by atoms with Crippen LogP contribution >= 0.6 is 0 Å². The number of likely N-dealkylation sites (tertiary alicyclic amines) is 2. The van der Waals surface area contributed by atoms with E-state index in [4.69, 9.17) is 32.4 Å². The lowest BCUT2D eigenvalue weighted by Crippen LogP contribution is -2.77. The minimum absolute atomic E-state index is 0.213. The second-order valence-corrected chi connectivity index (χ2v) is 19.7. The number of esters is 2. The molecule has 1 aromatic rings. The number of fused-ring (bicyclic) bond motifs is 4. The van der Waals surface area contributed by atoms with E-state index in [-0.39, 0.29) is 19.0 Å². The Hall–Kier alpha value is -5.87. The van der Waals surface area contributed by atoms with Crippen molar-refractivity contribution in [1.29, 1.82) is 0 Å². The number of nitrogens with zero attached hydrogens (tertiary/aromatic N) is 3. The molecule has 4 bridgehead atoms. The van der Waals surface area contributed by atoms with E-state index in [2.05, 4.69) is 11.8 Å². The van der Waals surface area contributed by atoms with E-state index >= 15 is 0 Å². The Kier molecular flexibility index (Phi) is 10.8. The van der Waals surface area contributed by atoms with Crippen molar-refractivity contribution in [3.8, 4) is 0 Å². The van der Waals surface area contributed by atoms with Crippen LogP contribution in [0.1, 0.15) is 73.6 Å². The summed E-state index contributed by atoms with van der Waals surface area (Å²) in [5.41, 5.74) is 20.1. The van der Waals surface area contributed by atoms with Crippen molar-refractivity contribution >= 4 is 41.6 Å². The van der Waals surface area contributed by atoms with E-state index in [0.717, 1.165) is 22.3 Å². The minimum atomic E-state index is -2.24. The van der Waals surface area contributed by atoms with Gasteiger partial charge in [0.2, 0.25) is 22.9 Å². The molecule has 8 rings (SSSR count). The van der Waals surface area contributed by atoms with Crippen LogP contribution in [0.25, 0.3) is 0 Å². The molecular formula is C48H58FN7O8. The highest BCUT2D eigenvalue weighted by molar-refractivity contribution is 6.11. The summed E-state index contributed by atoms with van der Waals surface area (Å²) in [5.74, 6) is -5.95. The van der Waals surface area contributed by atoms with Gasteiger partial charge in [0.1, 0.15) is 5.82 Å². The molecule has 0 saturated carbocycles. The second-order valence-electron chi connectivity index (χ2n) is 19.7. The van der Waals surface area contributed by atoms with E-state index in [9.17, 15) is 33.2 Å². The summed E-state index contributed by atoms with van der Waals surface area (Å²) in [6, 6.07) is 4.26. The van der Waals surface area contributed by atoms with Crippen molar-refractivity contribution in [2.75, 3.05) is 18.0 Å². The molecule has 0 radical (unpaired) electrons. The molecule has 8 N–H and O–H groups in total. The quantitative estimate of drug-likeness (QED) is 0.158. The normalized spacial score (nSPS) is 30.4. The first kappa shape index (κ1) is 44.7. The molecule has 3 saturated heterocycles. The summed E-state index contributed by atoms with van der Waals surface area (Å²) < 4.78 is 25.3. The highest BCUT2D eigenvalue weighted by Crippen LogP contribution is 2.60. The number of benzene rings is 1. The van der Waals surface area contributed by atoms with Crippen LogP contribution in [-0.4, -0.2) is 93.6 Å². The van der Waals surface area contributed by atoms with E-state index in [1.807, 2.05) is 60.4 Å². The van der Waals surface area contributed by atoms with Crippen molar-refractivity contribution in [2.45, 2.75) is 108 Å². The third kappa shape index (κ3) is 6.04. The van der Waals surface area contributed by atoms with E-state index in [0.29, 0.717) is 37.8 Å². The number of ether oxygens (including phenoxy) is 2. The molecule has 1 aromatic carbocycles. The number of primary amides is 4. The van der Waals surface area contributed by atoms with Crippen LogP contribution in [0.3, 0.4) is 0 Å². The standard InChI is InChI=1S/C48H58FN7O8/c1-26-23-34(33-15-9-21-54(33)47(38(50)57,40(59)63-42(52)61)44(2,3)36-27-11-7-12-28(36)24-27)56(32-19-17-31(49)18-20-32)46(26,6)35-16-10-22-55(35)48(39(51)58,41(60)64-43(53)62)45(4,5)37-29-13-8-14-30(37)25-29/h7-8,11-14,17-20,24-26,33-37H,9-10,15-16,21-23H2,1-6H3,(H2,50,57)(H2,51,58)(H2,52,61)(H2,53,62)/t26?,33?,34?,35?,46-,47+,48+/m1/s1. The Morgan fingerprint density at radius 3 is 1.59 bits per heavy atom. The Labute approximate surface area is 372 Å². The molecule has 7 aliphatic rings. The first-order chi connectivity index (χ1) is 30.1. The van der Waals surface area contributed by atoms with E-state index < -0.39 is 99.2 Å². The van der Waals surface area contributed by atoms with Gasteiger partial charge in [0.15, 0.2) is 0 Å². The zero-order valence-corrected chi connectivity index (χ0v) is 37.1. The van der Waals surface area contributed by atoms with Gasteiger partial charge in [-0.2, -0.15) is 0 Å². The molecule has 3 heterocycles. The average molecular weight is 880 g/mol. The predicted molar refractivity (Wildman–Crippen MR) is 235 cm³/mol. The van der Waals surface area contributed by atoms with Gasteiger partial charge in [0.05, 0.1) is 5.54 Å². The smallest absolute Gasteiger partial charge is 0.375 e. The van der Waals surface area contributed by atoms with Gasteiger partial charge in [-0.1, -0.05) is 83.2 Å². The molecule has 64 heavy (non-hydrogen) atoms. The Morgan fingerprint density at radius 2 is 1.16 bits per heavy atom. The SMILES string of the molecule is CC1CC(C2CCCN2[C@@](C(N)=O)(C(=O)OC(N)=O)C(C)(C)C2c3cccc2c3)N(c2ccc(F)cc2)[C@@]1(C)C1CCCN1[C@@](C(N)=O)(C(=O)OC(N)=O)C(C)(C)C1c2cccc1c2. The van der Waals surface area contributed by atoms with Crippen LogP contribution in [0.15, 0.2) is 95.2 Å². The maximum absolute atomic E-state index is 14.9. The topological polar surface area (TPSA) is 235 Å². The molecule has 3 aliphatic heterocycles. The number of allylic oxidation sites excluding steroid dienone is 12. The molecule has 340 valence electrons. The lowest BCUT2D eigenvalue weighted by atomic mass is 9.54. The van der Waals surface area contributed by atoms with Crippen LogP contribution in [0.4, 0.5) is 19.7 Å². The van der Waals surface area contributed by atoms with Gasteiger partial charge in [0.25, 0.3) is 0 Å². The number of nitrogens with two attached hydrogens (primary N) is 4. The summed E-state index contributed by atoms with van der Waals surface area (Å²) in [5, 5.41) is 0. The summed E-state index contributed by atoms with van der Waals surface area (Å²) in [4.78, 5) is 89.3. The zero-order valence-electron chi connectivity index (χ0n) is 37.1. The molecular weight excluding hydrogens is 822 g/mol. The van der Waals surface area contributed by atoms with Crippen molar-refractivity contribution in [3.63, 3.8) is 0 Å². The number of rotatable bonds is 13. The molecule has 9 atom stereocenters. The molecule has 4 amide bonds. The monoisotopic (exact) mass is 879 g/mol. The Balaban J connectivity index is 1.29. The maximum Gasteiger partial charge on any atom is 0.412 e. The number of amides is 4. The van der Waals surface area contributed by atoms with E-state index in [1.54, 1.807) is 44.7 Å². The highest BCUT2D eigenvalue weighted by atomic mass is 19.1. The van der Waals surface area contributed by atoms with Crippen molar-refractivity contribution < 1.29 is 42.6 Å². The van der Waals surface area contributed by atoms with Crippen molar-refractivity contribution in [3.05, 3.63) is 101 Å². The van der Waals surface area contributed by atoms with Gasteiger partial charge in [-0.3, -0.25) is 19.4 Å². The number of hydrogen-bond donors (Lipinski definition) is 4. The number of carbonyl (C=O) groups is 6. The third-order valence-electron chi connectivity index (χ3n) is 16.2. The fraction of sp³-hybridized carbons (Fsp3) is 0.500. The summed E-state index contributed by atoms with van der Waals surface area (Å²) in [6.07, 6.45) is 15.1. The summed E-state index contributed by atoms with van der Waals surface area (Å²) in [6.45, 7) is 11.7. The molecule has 4 aliphatic carbocycles. The number of halogens is 1. The Bertz CT molecular complexity index is 2400. The third-order valence-corrected chi connectivity index (χ3v) is 16.2. The van der Waals surface area contributed by atoms with E-state index in [1.165, 1.54) is 12.1 Å². The summed E-state index contributed by atoms with van der Waals surface area (Å²) in [7, 11) is 0. The van der Waals surface area contributed by atoms with Gasteiger partial charge < -0.3 is 37.3 Å². The van der Waals surface area contributed by atoms with Crippen molar-refractivity contribution in [2.24, 2.45) is 51.5 Å². The van der Waals surface area contributed by atoms with Crippen LogP contribution in [0, 0.1) is 34.4 Å². The number of anilines is 1. The van der Waals surface area contributed by atoms with Crippen molar-refractivity contribution in [1.82, 2.24) is 9.80 Å². The Morgan fingerprint density at radius 1 is 0.688 bits per heavy atom. The second kappa shape index (κ2) is 15.4. The molecule has 3 fully saturated rings. The van der Waals surface area contributed by atoms with Gasteiger partial charge in [-0.05, 0) is 91.5 Å². The molecule has 0 spiro atoms. The zero-order chi connectivity index (χ0) is 46.5. The highest BCUT2D eigenvalue weighted by Gasteiger charge is 2.72. The minimum Gasteiger partial charge on any atom is -0.375 e. The molecule has 15 nitrogen and oxygen atoms in total. The molecule has 16 heteroatoms. The van der Waals surface area contributed by atoms with Gasteiger partial charge >= 0.3 is 24.1 Å². The van der Waals surface area contributed by atoms with Gasteiger partial charge in [-0.25, -0.2) is 23.6 Å². The van der Waals surface area contributed by atoms with Gasteiger partial charge in [-0.15, -0.1) is 0 Å². The fourth-order valence-electron chi connectivity index (χ4n) is 13.6. The summed E-state index contributed by atoms with van der Waals surface area (Å²) >= 11 is 0. The van der Waals surface area contributed by atoms with Crippen LogP contribution in [0.5, 0.6) is 0 Å². The predicted octanol–water partition coefficient (Wildman–Crippen LogP) is 4.58. The van der Waals surface area contributed by atoms with Crippen LogP contribution < -0.4 is 27.8 Å². The lowest BCUT2D eigenvalue weighted by Gasteiger charge is -2.59. The van der Waals surface area contributed by atoms with Crippen LogP contribution in [-0.2, 0) is 28.7 Å². The number of carbonyl (C=O) groups excluding carboxylic acids is 6. The lowest BCUT2D eigenvalue weighted by molar-refractivity contribution is -0.174. The fourth-order valence-corrected chi connectivity index (χ4v) is 13.6. The maximum atomic E-state index is 14.9. The number of hydrogen-bond acceptors (Lipinski definition) is 11.